The number of benzene rings is 1. The maximum atomic E-state index is 11.1. The van der Waals surface area contributed by atoms with Gasteiger partial charge in [-0.2, -0.15) is 0 Å². The number of nitrogens with zero attached hydrogens (tertiary/aromatic N) is 1. The number of nitro groups is 1. The first kappa shape index (κ1) is 19.1. The molecule has 1 aromatic carbocycles. The second kappa shape index (κ2) is 11.6. The van der Waals surface area contributed by atoms with Gasteiger partial charge in [0, 0.05) is 30.0 Å². The van der Waals surface area contributed by atoms with Gasteiger partial charge in [0.2, 0.25) is 0 Å². The van der Waals surface area contributed by atoms with Crippen LogP contribution in [0.1, 0.15) is 50.2 Å². The van der Waals surface area contributed by atoms with E-state index in [4.69, 9.17) is 9.84 Å². The van der Waals surface area contributed by atoms with Crippen molar-refractivity contribution in [1.82, 2.24) is 0 Å². The fraction of sp³-hybridized carbons (Fsp3) is 0.556. The third kappa shape index (κ3) is 7.78. The highest BCUT2D eigenvalue weighted by molar-refractivity contribution is 5.48. The lowest BCUT2D eigenvalue weighted by molar-refractivity contribution is -0.385. The van der Waals surface area contributed by atoms with Crippen molar-refractivity contribution in [3.05, 3.63) is 39.4 Å². The molecule has 0 saturated carbocycles. The van der Waals surface area contributed by atoms with E-state index in [9.17, 15) is 10.1 Å². The molecule has 0 aliphatic heterocycles. The number of unbranched alkanes of at least 4 members (excludes halogenated alkanes) is 4. The monoisotopic (exact) mass is 319 g/mol. The first-order valence-corrected chi connectivity index (χ1v) is 8.13. The van der Waals surface area contributed by atoms with E-state index in [2.05, 4.69) is 18.8 Å². The Kier molecular flexibility index (Phi) is 9.69. The molecule has 0 unspecified atom stereocenters. The maximum absolute atomic E-state index is 11.1. The van der Waals surface area contributed by atoms with Gasteiger partial charge >= 0.3 is 0 Å². The first-order chi connectivity index (χ1) is 11.2. The van der Waals surface area contributed by atoms with Gasteiger partial charge in [-0.25, -0.2) is 0 Å². The Morgan fingerprint density at radius 2 is 2.09 bits per heavy atom. The number of nitro benzene ring substituents is 1. The zero-order chi connectivity index (χ0) is 16.9. The van der Waals surface area contributed by atoms with E-state index in [1.54, 1.807) is 12.1 Å². The normalized spacial score (nSPS) is 10.2. The van der Waals surface area contributed by atoms with Crippen LogP contribution in [-0.2, 0) is 11.2 Å². The second-order valence-electron chi connectivity index (χ2n) is 5.30. The molecule has 1 aromatic rings. The van der Waals surface area contributed by atoms with Crippen molar-refractivity contribution in [2.24, 2.45) is 0 Å². The number of aliphatic hydroxyl groups excluding tert-OH is 1. The zero-order valence-corrected chi connectivity index (χ0v) is 13.7. The molecular formula is C18H25NO4. The number of hydrogen-bond acceptors (Lipinski definition) is 4. The van der Waals surface area contributed by atoms with E-state index in [1.165, 1.54) is 25.3 Å². The van der Waals surface area contributed by atoms with E-state index in [-0.39, 0.29) is 23.8 Å². The highest BCUT2D eigenvalue weighted by Crippen LogP contribution is 2.20. The third-order valence-electron chi connectivity index (χ3n) is 3.42. The Bertz CT molecular complexity index is 546. The summed E-state index contributed by atoms with van der Waals surface area (Å²) in [7, 11) is 0. The van der Waals surface area contributed by atoms with Crippen LogP contribution in [0.15, 0.2) is 18.2 Å². The van der Waals surface area contributed by atoms with Crippen molar-refractivity contribution in [3.63, 3.8) is 0 Å². The smallest absolute Gasteiger partial charge is 0.272 e. The Balaban J connectivity index is 2.67. The molecule has 1 N–H and O–H groups in total. The standard InChI is InChI=1S/C18H25NO4/c1-2-3-4-5-6-7-8-16-9-10-18(19(21)22)17(15-16)11-13-23-14-12-20/h9-10,15,20H,2-6,11-14H2,1H3. The molecule has 126 valence electrons. The summed E-state index contributed by atoms with van der Waals surface area (Å²) in [6.07, 6.45) is 6.01. The Labute approximate surface area is 137 Å². The number of hydrogen-bond donors (Lipinski definition) is 1. The SMILES string of the molecule is CCCCCCC#Cc1ccc([N+](=O)[O-])c(CCOCCO)c1. The average molecular weight is 319 g/mol. The molecule has 5 heteroatoms. The lowest BCUT2D eigenvalue weighted by atomic mass is 10.1. The van der Waals surface area contributed by atoms with Gasteiger partial charge in [-0.1, -0.05) is 38.0 Å². The van der Waals surface area contributed by atoms with E-state index in [0.717, 1.165) is 18.4 Å². The summed E-state index contributed by atoms with van der Waals surface area (Å²) in [5.41, 5.74) is 1.50. The zero-order valence-electron chi connectivity index (χ0n) is 13.7. The van der Waals surface area contributed by atoms with Crippen LogP contribution >= 0.6 is 0 Å². The summed E-state index contributed by atoms with van der Waals surface area (Å²) in [4.78, 5) is 10.7. The molecule has 0 saturated heterocycles. The largest absolute Gasteiger partial charge is 0.394 e. The topological polar surface area (TPSA) is 72.6 Å². The molecule has 0 aliphatic rings. The predicted octanol–water partition coefficient (Wildman–Crippen LogP) is 3.47. The van der Waals surface area contributed by atoms with E-state index in [0.29, 0.717) is 18.6 Å². The summed E-state index contributed by atoms with van der Waals surface area (Å²) in [5.74, 6) is 6.21. The van der Waals surface area contributed by atoms with Crippen molar-refractivity contribution in [1.29, 1.82) is 0 Å². The minimum atomic E-state index is -0.386. The average Bonchev–Trinajstić information content (AvgIpc) is 2.55. The molecule has 0 fully saturated rings. The van der Waals surface area contributed by atoms with Crippen LogP contribution in [0.2, 0.25) is 0 Å². The summed E-state index contributed by atoms with van der Waals surface area (Å²) in [5, 5.41) is 19.7. The molecule has 0 heterocycles. The second-order valence-corrected chi connectivity index (χ2v) is 5.30. The molecule has 0 atom stereocenters. The van der Waals surface area contributed by atoms with Gasteiger partial charge in [0.15, 0.2) is 0 Å². The number of aliphatic hydroxyl groups is 1. The number of ether oxygens (including phenoxy) is 1. The van der Waals surface area contributed by atoms with E-state index in [1.807, 2.05) is 0 Å². The summed E-state index contributed by atoms with van der Waals surface area (Å²) in [6, 6.07) is 4.96. The molecule has 0 aromatic heterocycles. The van der Waals surface area contributed by atoms with Crippen LogP contribution in [0.3, 0.4) is 0 Å². The fourth-order valence-electron chi connectivity index (χ4n) is 2.20. The molecule has 0 spiro atoms. The number of rotatable bonds is 10. The quantitative estimate of drug-likeness (QED) is 0.310. The predicted molar refractivity (Wildman–Crippen MR) is 90.3 cm³/mol. The molecule has 23 heavy (non-hydrogen) atoms. The molecule has 0 bridgehead atoms. The Morgan fingerprint density at radius 3 is 2.78 bits per heavy atom. The first-order valence-electron chi connectivity index (χ1n) is 8.13. The molecule has 1 rings (SSSR count). The van der Waals surface area contributed by atoms with Crippen LogP contribution in [0.5, 0.6) is 0 Å². The van der Waals surface area contributed by atoms with Crippen molar-refractivity contribution < 1.29 is 14.8 Å². The van der Waals surface area contributed by atoms with Gasteiger partial charge in [0.25, 0.3) is 5.69 Å². The molecule has 5 nitrogen and oxygen atoms in total. The highest BCUT2D eigenvalue weighted by atomic mass is 16.6. The molecule has 0 amide bonds. The summed E-state index contributed by atoms with van der Waals surface area (Å²) >= 11 is 0. The fourth-order valence-corrected chi connectivity index (χ4v) is 2.20. The van der Waals surface area contributed by atoms with Crippen LogP contribution in [0.25, 0.3) is 0 Å². The van der Waals surface area contributed by atoms with Crippen molar-refractivity contribution in [2.45, 2.75) is 45.4 Å². The van der Waals surface area contributed by atoms with E-state index < -0.39 is 0 Å². The lowest BCUT2D eigenvalue weighted by Crippen LogP contribution is -2.05. The molecule has 0 aliphatic carbocycles. The Morgan fingerprint density at radius 1 is 1.26 bits per heavy atom. The van der Waals surface area contributed by atoms with Crippen molar-refractivity contribution >= 4 is 5.69 Å². The maximum Gasteiger partial charge on any atom is 0.272 e. The van der Waals surface area contributed by atoms with Crippen molar-refractivity contribution in [3.8, 4) is 11.8 Å². The van der Waals surface area contributed by atoms with Gasteiger partial charge < -0.3 is 9.84 Å². The van der Waals surface area contributed by atoms with Gasteiger partial charge in [-0.3, -0.25) is 10.1 Å². The van der Waals surface area contributed by atoms with Crippen LogP contribution in [-0.4, -0.2) is 29.9 Å². The van der Waals surface area contributed by atoms with E-state index >= 15 is 0 Å². The van der Waals surface area contributed by atoms with Gasteiger partial charge in [0.1, 0.15) is 0 Å². The lowest BCUT2D eigenvalue weighted by Gasteiger charge is -2.04. The Hall–Kier alpha value is -1.90. The molecule has 0 radical (unpaired) electrons. The minimum absolute atomic E-state index is 0.0500. The van der Waals surface area contributed by atoms with Crippen molar-refractivity contribution in [2.75, 3.05) is 19.8 Å². The highest BCUT2D eigenvalue weighted by Gasteiger charge is 2.13. The van der Waals surface area contributed by atoms with Crippen LogP contribution in [0, 0.1) is 22.0 Å². The summed E-state index contributed by atoms with van der Waals surface area (Å²) < 4.78 is 5.19. The van der Waals surface area contributed by atoms with Gasteiger partial charge in [-0.15, -0.1) is 0 Å². The van der Waals surface area contributed by atoms with Crippen LogP contribution in [0.4, 0.5) is 5.69 Å². The summed E-state index contributed by atoms with van der Waals surface area (Å²) in [6.45, 7) is 2.71. The minimum Gasteiger partial charge on any atom is -0.394 e. The van der Waals surface area contributed by atoms with Gasteiger partial charge in [-0.05, 0) is 18.6 Å². The molecular weight excluding hydrogens is 294 g/mol. The van der Waals surface area contributed by atoms with Gasteiger partial charge in [0.05, 0.1) is 24.7 Å². The van der Waals surface area contributed by atoms with Crippen LogP contribution < -0.4 is 0 Å². The third-order valence-corrected chi connectivity index (χ3v) is 3.42.